The van der Waals surface area contributed by atoms with Crippen molar-refractivity contribution in [3.63, 3.8) is 0 Å². The number of thioether (sulfide) groups is 1. The predicted molar refractivity (Wildman–Crippen MR) is 94.2 cm³/mol. The van der Waals surface area contributed by atoms with Crippen molar-refractivity contribution in [2.45, 2.75) is 18.1 Å². The van der Waals surface area contributed by atoms with Crippen molar-refractivity contribution in [2.75, 3.05) is 12.9 Å². The summed E-state index contributed by atoms with van der Waals surface area (Å²) >= 11 is 3.03. The van der Waals surface area contributed by atoms with Gasteiger partial charge in [-0.2, -0.15) is 0 Å². The highest BCUT2D eigenvalue weighted by atomic mass is 32.2. The molecule has 1 amide bonds. The van der Waals surface area contributed by atoms with E-state index < -0.39 is 0 Å². The van der Waals surface area contributed by atoms with Gasteiger partial charge in [0.25, 0.3) is 0 Å². The maximum Gasteiger partial charge on any atom is 0.230 e. The number of nitrogens with zero attached hydrogens (tertiary/aromatic N) is 1. The Labute approximate surface area is 142 Å². The van der Waals surface area contributed by atoms with E-state index in [9.17, 15) is 4.79 Å². The molecule has 0 aliphatic rings. The molecule has 2 heterocycles. The number of hydrogen-bond acceptors (Lipinski definition) is 5. The molecule has 0 fully saturated rings. The van der Waals surface area contributed by atoms with Crippen molar-refractivity contribution in [2.24, 2.45) is 0 Å². The van der Waals surface area contributed by atoms with Crippen LogP contribution in [0.1, 0.15) is 17.8 Å². The average Bonchev–Trinajstić information content (AvgIpc) is 3.21. The molecule has 0 bridgehead atoms. The van der Waals surface area contributed by atoms with Crippen LogP contribution in [0.4, 0.5) is 0 Å². The number of carbonyl (C=O) groups is 1. The van der Waals surface area contributed by atoms with E-state index in [2.05, 4.69) is 15.3 Å². The third-order valence-corrected chi connectivity index (χ3v) is 5.28. The Morgan fingerprint density at radius 2 is 2.35 bits per heavy atom. The van der Waals surface area contributed by atoms with Gasteiger partial charge in [0.05, 0.1) is 29.9 Å². The molecule has 1 aromatic carbocycles. The number of H-pyrrole nitrogens is 1. The van der Waals surface area contributed by atoms with Crippen LogP contribution in [-0.4, -0.2) is 28.7 Å². The minimum Gasteiger partial charge on any atom is -0.497 e. The molecule has 3 rings (SSSR count). The number of thiophene rings is 1. The molecule has 23 heavy (non-hydrogen) atoms. The summed E-state index contributed by atoms with van der Waals surface area (Å²) < 4.78 is 5.19. The zero-order valence-corrected chi connectivity index (χ0v) is 14.5. The second-order valence-corrected chi connectivity index (χ2v) is 6.96. The summed E-state index contributed by atoms with van der Waals surface area (Å²) in [6.45, 7) is 1.99. The molecule has 0 saturated heterocycles. The quantitative estimate of drug-likeness (QED) is 0.669. The summed E-state index contributed by atoms with van der Waals surface area (Å²) in [5.74, 6) is 1.10. The fraction of sp³-hybridized carbons (Fsp3) is 0.250. The first-order chi connectivity index (χ1) is 11.2. The van der Waals surface area contributed by atoms with Gasteiger partial charge >= 0.3 is 0 Å². The first-order valence-corrected chi connectivity index (χ1v) is 9.01. The van der Waals surface area contributed by atoms with Gasteiger partial charge in [-0.1, -0.05) is 17.8 Å². The Morgan fingerprint density at radius 1 is 1.48 bits per heavy atom. The van der Waals surface area contributed by atoms with E-state index >= 15 is 0 Å². The summed E-state index contributed by atoms with van der Waals surface area (Å²) in [5.41, 5.74) is 1.76. The standard InChI is InChI=1S/C16H17N3O2S2/c1-10(14-4-3-7-22-14)17-15(20)9-23-16-18-12-6-5-11(21-2)8-13(12)19-16/h3-8,10H,9H2,1-2H3,(H,17,20)(H,18,19)/t10-/m1/s1. The number of rotatable bonds is 6. The van der Waals surface area contributed by atoms with E-state index in [1.807, 2.05) is 42.6 Å². The number of aromatic amines is 1. The second-order valence-electron chi connectivity index (χ2n) is 5.02. The minimum absolute atomic E-state index is 0.00561. The third kappa shape index (κ3) is 3.86. The molecule has 2 aromatic heterocycles. The lowest BCUT2D eigenvalue weighted by Crippen LogP contribution is -2.27. The number of imidazole rings is 1. The van der Waals surface area contributed by atoms with E-state index in [1.54, 1.807) is 18.4 Å². The van der Waals surface area contributed by atoms with Crippen LogP contribution < -0.4 is 10.1 Å². The maximum absolute atomic E-state index is 12.0. The highest BCUT2D eigenvalue weighted by Crippen LogP contribution is 2.23. The normalized spacial score (nSPS) is 12.3. The summed E-state index contributed by atoms with van der Waals surface area (Å²) in [6, 6.07) is 9.70. The predicted octanol–water partition coefficient (Wildman–Crippen LogP) is 3.60. The monoisotopic (exact) mass is 347 g/mol. The Kier molecular flexibility index (Phi) is 4.88. The number of ether oxygens (including phenoxy) is 1. The van der Waals surface area contributed by atoms with Crippen LogP contribution in [0, 0.1) is 0 Å². The van der Waals surface area contributed by atoms with Gasteiger partial charge in [-0.25, -0.2) is 4.98 Å². The SMILES string of the molecule is COc1ccc2nc(SCC(=O)N[C@H](C)c3cccs3)[nH]c2c1. The van der Waals surface area contributed by atoms with Crippen molar-refractivity contribution in [3.05, 3.63) is 40.6 Å². The average molecular weight is 347 g/mol. The van der Waals surface area contributed by atoms with E-state index in [4.69, 9.17) is 4.74 Å². The summed E-state index contributed by atoms with van der Waals surface area (Å²) in [7, 11) is 1.63. The number of hydrogen-bond donors (Lipinski definition) is 2. The van der Waals surface area contributed by atoms with Crippen LogP contribution in [0.2, 0.25) is 0 Å². The lowest BCUT2D eigenvalue weighted by atomic mass is 10.3. The highest BCUT2D eigenvalue weighted by Gasteiger charge is 2.12. The molecule has 0 aliphatic carbocycles. The zero-order chi connectivity index (χ0) is 16.2. The highest BCUT2D eigenvalue weighted by molar-refractivity contribution is 7.99. The number of amides is 1. The van der Waals surface area contributed by atoms with Crippen LogP contribution in [0.3, 0.4) is 0 Å². The summed E-state index contributed by atoms with van der Waals surface area (Å²) in [6.07, 6.45) is 0. The van der Waals surface area contributed by atoms with Crippen molar-refractivity contribution in [1.82, 2.24) is 15.3 Å². The third-order valence-electron chi connectivity index (χ3n) is 3.35. The number of fused-ring (bicyclic) bond motifs is 1. The summed E-state index contributed by atoms with van der Waals surface area (Å²) in [5, 5.41) is 5.73. The van der Waals surface area contributed by atoms with E-state index in [-0.39, 0.29) is 11.9 Å². The van der Waals surface area contributed by atoms with Gasteiger partial charge in [0, 0.05) is 10.9 Å². The van der Waals surface area contributed by atoms with E-state index in [0.717, 1.165) is 26.8 Å². The van der Waals surface area contributed by atoms with Gasteiger partial charge in [-0.3, -0.25) is 4.79 Å². The van der Waals surface area contributed by atoms with Crippen LogP contribution in [0.5, 0.6) is 5.75 Å². The first kappa shape index (κ1) is 15.9. The molecule has 3 aromatic rings. The fourth-order valence-electron chi connectivity index (χ4n) is 2.19. The molecule has 7 heteroatoms. The number of aromatic nitrogens is 2. The maximum atomic E-state index is 12.0. The van der Waals surface area contributed by atoms with Gasteiger partial charge in [0.15, 0.2) is 5.16 Å². The molecular weight excluding hydrogens is 330 g/mol. The van der Waals surface area contributed by atoms with Crippen LogP contribution in [0.15, 0.2) is 40.9 Å². The Bertz CT molecular complexity index is 799. The number of methoxy groups -OCH3 is 1. The molecule has 5 nitrogen and oxygen atoms in total. The van der Waals surface area contributed by atoms with Crippen molar-refractivity contribution >= 4 is 40.0 Å². The smallest absolute Gasteiger partial charge is 0.230 e. The lowest BCUT2D eigenvalue weighted by Gasteiger charge is -2.11. The number of benzene rings is 1. The molecule has 2 N–H and O–H groups in total. The van der Waals surface area contributed by atoms with Gasteiger partial charge in [0.1, 0.15) is 5.75 Å². The van der Waals surface area contributed by atoms with E-state index in [0.29, 0.717) is 5.75 Å². The van der Waals surface area contributed by atoms with Gasteiger partial charge in [0.2, 0.25) is 5.91 Å². The molecule has 120 valence electrons. The Hall–Kier alpha value is -1.99. The molecule has 0 spiro atoms. The van der Waals surface area contributed by atoms with E-state index in [1.165, 1.54) is 11.8 Å². The van der Waals surface area contributed by atoms with Crippen LogP contribution in [0.25, 0.3) is 11.0 Å². The second kappa shape index (κ2) is 7.06. The first-order valence-electron chi connectivity index (χ1n) is 7.15. The molecular formula is C16H17N3O2S2. The minimum atomic E-state index is -0.00561. The van der Waals surface area contributed by atoms with Crippen molar-refractivity contribution in [1.29, 1.82) is 0 Å². The number of nitrogens with one attached hydrogen (secondary N) is 2. The number of carbonyl (C=O) groups excluding carboxylic acids is 1. The molecule has 0 aliphatic heterocycles. The van der Waals surface area contributed by atoms with Gasteiger partial charge in [-0.05, 0) is 30.5 Å². The Morgan fingerprint density at radius 3 is 3.09 bits per heavy atom. The van der Waals surface area contributed by atoms with Crippen molar-refractivity contribution < 1.29 is 9.53 Å². The molecule has 0 saturated carbocycles. The molecule has 0 radical (unpaired) electrons. The van der Waals surface area contributed by atoms with Gasteiger partial charge in [-0.15, -0.1) is 11.3 Å². The molecule has 0 unspecified atom stereocenters. The molecule has 1 atom stereocenters. The topological polar surface area (TPSA) is 67.0 Å². The largest absolute Gasteiger partial charge is 0.497 e. The van der Waals surface area contributed by atoms with Gasteiger partial charge < -0.3 is 15.0 Å². The fourth-order valence-corrected chi connectivity index (χ4v) is 3.62. The van der Waals surface area contributed by atoms with Crippen LogP contribution >= 0.6 is 23.1 Å². The summed E-state index contributed by atoms with van der Waals surface area (Å²) in [4.78, 5) is 20.9. The van der Waals surface area contributed by atoms with Crippen molar-refractivity contribution in [3.8, 4) is 5.75 Å². The van der Waals surface area contributed by atoms with Crippen LogP contribution in [-0.2, 0) is 4.79 Å². The Balaban J connectivity index is 1.58. The zero-order valence-electron chi connectivity index (χ0n) is 12.8. The lowest BCUT2D eigenvalue weighted by molar-refractivity contribution is -0.119.